The Morgan fingerprint density at radius 1 is 0.917 bits per heavy atom. The number of aromatic nitrogens is 1. The highest BCUT2D eigenvalue weighted by Gasteiger charge is 2.23. The number of rotatable bonds is 11. The number of benzene rings is 4. The number of halogens is 1. The van der Waals surface area contributed by atoms with Crippen LogP contribution in [0.5, 0.6) is 11.5 Å². The fourth-order valence-corrected chi connectivity index (χ4v) is 6.44. The van der Waals surface area contributed by atoms with Crippen LogP contribution in [0.15, 0.2) is 91.3 Å². The van der Waals surface area contributed by atoms with Crippen LogP contribution < -0.4 is 9.47 Å². The molecule has 2 heterocycles. The molecule has 1 N–H and O–H groups in total. The molecule has 5 aromatic rings. The number of β-amino-alcohol motifs (C(OH)–C–C–N with tert-alkyl or cyclic N) is 1. The average molecular weight is 658 g/mol. The molecule has 1 atom stereocenters. The van der Waals surface area contributed by atoms with E-state index in [1.807, 2.05) is 42.5 Å². The molecular formula is C40H36ClN3O4. The first kappa shape index (κ1) is 32.9. The highest BCUT2D eigenvalue weighted by molar-refractivity contribution is 6.32. The van der Waals surface area contributed by atoms with Crippen LogP contribution in [0.4, 0.5) is 0 Å². The molecule has 1 fully saturated rings. The average Bonchev–Trinajstić information content (AvgIpc) is 3.52. The van der Waals surface area contributed by atoms with Crippen LogP contribution in [-0.4, -0.2) is 40.5 Å². The lowest BCUT2D eigenvalue weighted by Crippen LogP contribution is -2.22. The third-order valence-corrected chi connectivity index (χ3v) is 9.18. The number of carbonyl (C=O) groups excluding carboxylic acids is 1. The fourth-order valence-electron chi connectivity index (χ4n) is 6.20. The van der Waals surface area contributed by atoms with Crippen LogP contribution in [0.3, 0.4) is 0 Å². The van der Waals surface area contributed by atoms with E-state index < -0.39 is 0 Å². The molecule has 242 valence electrons. The lowest BCUT2D eigenvalue weighted by atomic mass is 9.89. The monoisotopic (exact) mass is 657 g/mol. The molecule has 1 aromatic heterocycles. The topological polar surface area (TPSA) is 95.7 Å². The van der Waals surface area contributed by atoms with Crippen molar-refractivity contribution < 1.29 is 19.4 Å². The largest absolute Gasteiger partial charge is 0.488 e. The van der Waals surface area contributed by atoms with E-state index in [0.717, 1.165) is 69.3 Å². The van der Waals surface area contributed by atoms with Gasteiger partial charge in [0.05, 0.1) is 16.7 Å². The third-order valence-electron chi connectivity index (χ3n) is 8.89. The lowest BCUT2D eigenvalue weighted by Gasteiger charge is -2.20. The van der Waals surface area contributed by atoms with Crippen molar-refractivity contribution >= 4 is 17.9 Å². The highest BCUT2D eigenvalue weighted by Crippen LogP contribution is 2.37. The summed E-state index contributed by atoms with van der Waals surface area (Å²) in [5, 5.41) is 19.8. The number of nitriles is 1. The van der Waals surface area contributed by atoms with Gasteiger partial charge in [0.2, 0.25) is 0 Å². The first-order chi connectivity index (χ1) is 23.3. The molecule has 4 aromatic carbocycles. The van der Waals surface area contributed by atoms with E-state index in [1.165, 1.54) is 6.20 Å². The SMILES string of the molecule is Cc1c(COc2cc(OCc3cncc(C#N)c3)c(CN3CC[C@@H](O)C3)cc2Cl)cccc1-c1cccc(-c2ccc(C=O)cc2)c1C. The lowest BCUT2D eigenvalue weighted by molar-refractivity contribution is 0.112. The van der Waals surface area contributed by atoms with Gasteiger partial charge in [0.1, 0.15) is 37.1 Å². The summed E-state index contributed by atoms with van der Waals surface area (Å²) in [5.41, 5.74) is 10.5. The summed E-state index contributed by atoms with van der Waals surface area (Å²) in [4.78, 5) is 17.5. The van der Waals surface area contributed by atoms with Crippen LogP contribution in [0.1, 0.15) is 50.2 Å². The van der Waals surface area contributed by atoms with Gasteiger partial charge in [-0.1, -0.05) is 72.3 Å². The van der Waals surface area contributed by atoms with Crippen molar-refractivity contribution in [3.63, 3.8) is 0 Å². The van der Waals surface area contributed by atoms with Crippen molar-refractivity contribution in [1.29, 1.82) is 5.26 Å². The molecular weight excluding hydrogens is 622 g/mol. The van der Waals surface area contributed by atoms with Crippen molar-refractivity contribution in [2.75, 3.05) is 13.1 Å². The number of likely N-dealkylation sites (tertiary alicyclic amines) is 1. The quantitative estimate of drug-likeness (QED) is 0.143. The summed E-state index contributed by atoms with van der Waals surface area (Å²) in [6, 6.07) is 27.7. The second-order valence-electron chi connectivity index (χ2n) is 12.1. The molecule has 0 spiro atoms. The highest BCUT2D eigenvalue weighted by atomic mass is 35.5. The summed E-state index contributed by atoms with van der Waals surface area (Å²) >= 11 is 6.81. The molecule has 1 aliphatic heterocycles. The van der Waals surface area contributed by atoms with Gasteiger partial charge in [-0.25, -0.2) is 0 Å². The van der Waals surface area contributed by atoms with Crippen molar-refractivity contribution in [1.82, 2.24) is 9.88 Å². The van der Waals surface area contributed by atoms with Crippen molar-refractivity contribution in [2.45, 2.75) is 46.1 Å². The molecule has 1 aliphatic rings. The van der Waals surface area contributed by atoms with Crippen molar-refractivity contribution in [3.8, 4) is 39.8 Å². The van der Waals surface area contributed by atoms with Crippen LogP contribution in [-0.2, 0) is 19.8 Å². The molecule has 6 rings (SSSR count). The number of hydrogen-bond donors (Lipinski definition) is 1. The molecule has 8 heteroatoms. The predicted molar refractivity (Wildman–Crippen MR) is 187 cm³/mol. The number of pyridine rings is 1. The van der Waals surface area contributed by atoms with Gasteiger partial charge >= 0.3 is 0 Å². The predicted octanol–water partition coefficient (Wildman–Crippen LogP) is 8.09. The Hall–Kier alpha value is -5.00. The van der Waals surface area contributed by atoms with E-state index in [9.17, 15) is 15.2 Å². The molecule has 0 amide bonds. The number of nitrogens with zero attached hydrogens (tertiary/aromatic N) is 3. The van der Waals surface area contributed by atoms with Crippen molar-refractivity contribution in [3.05, 3.63) is 135 Å². The van der Waals surface area contributed by atoms with Crippen LogP contribution in [0.2, 0.25) is 5.02 Å². The summed E-state index contributed by atoms with van der Waals surface area (Å²) in [5.74, 6) is 1.12. The Kier molecular flexibility index (Phi) is 10.2. The van der Waals surface area contributed by atoms with Gasteiger partial charge < -0.3 is 14.6 Å². The summed E-state index contributed by atoms with van der Waals surface area (Å²) in [7, 11) is 0. The molecule has 0 radical (unpaired) electrons. The molecule has 48 heavy (non-hydrogen) atoms. The summed E-state index contributed by atoms with van der Waals surface area (Å²) in [6.07, 6.45) is 4.45. The zero-order valence-corrected chi connectivity index (χ0v) is 27.7. The van der Waals surface area contributed by atoms with Crippen LogP contribution in [0, 0.1) is 25.2 Å². The smallest absolute Gasteiger partial charge is 0.150 e. The molecule has 1 saturated heterocycles. The molecule has 0 saturated carbocycles. The molecule has 0 aliphatic carbocycles. The Labute approximate surface area is 286 Å². The zero-order chi connectivity index (χ0) is 33.6. The number of ether oxygens (including phenoxy) is 2. The van der Waals surface area contributed by atoms with E-state index in [-0.39, 0.29) is 12.7 Å². The minimum absolute atomic E-state index is 0.222. The number of aliphatic hydroxyl groups excluding tert-OH is 1. The standard InChI is InChI=1S/C40H36ClN3O4/c1-26-32(5-3-7-36(26)37-8-4-6-35(27(37)2)31-11-9-28(23-45)10-12-31)25-48-40-17-39(47-24-30-15-29(18-42)19-43-20-30)33(16-38(40)41)21-44-14-13-34(46)22-44/h3-12,15-17,19-20,23,34,46H,13-14,21-22,24-25H2,1-2H3/t34-/m1/s1. The van der Waals surface area contributed by atoms with E-state index in [0.29, 0.717) is 47.3 Å². The van der Waals surface area contributed by atoms with E-state index in [4.69, 9.17) is 21.1 Å². The van der Waals surface area contributed by atoms with E-state index in [1.54, 1.807) is 12.3 Å². The maximum absolute atomic E-state index is 11.2. The van der Waals surface area contributed by atoms with Crippen LogP contribution >= 0.6 is 11.6 Å². The zero-order valence-electron chi connectivity index (χ0n) is 26.9. The Morgan fingerprint density at radius 2 is 1.65 bits per heavy atom. The number of carbonyl (C=O) groups is 1. The van der Waals surface area contributed by atoms with E-state index in [2.05, 4.69) is 60.1 Å². The van der Waals surface area contributed by atoms with Gasteiger partial charge in [-0.05, 0) is 71.3 Å². The van der Waals surface area contributed by atoms with Crippen LogP contribution in [0.25, 0.3) is 22.3 Å². The number of aldehydes is 1. The summed E-state index contributed by atoms with van der Waals surface area (Å²) < 4.78 is 12.6. The third kappa shape index (κ3) is 7.42. The van der Waals surface area contributed by atoms with E-state index >= 15 is 0 Å². The maximum Gasteiger partial charge on any atom is 0.150 e. The minimum Gasteiger partial charge on any atom is -0.488 e. The fraction of sp³-hybridized carbons (Fsp3) is 0.225. The normalized spacial score (nSPS) is 14.4. The molecule has 0 bridgehead atoms. The second-order valence-corrected chi connectivity index (χ2v) is 12.6. The maximum atomic E-state index is 11.2. The van der Waals surface area contributed by atoms with Gasteiger partial charge in [-0.15, -0.1) is 0 Å². The van der Waals surface area contributed by atoms with Gasteiger partial charge in [0.25, 0.3) is 0 Å². The molecule has 7 nitrogen and oxygen atoms in total. The first-order valence-electron chi connectivity index (χ1n) is 15.9. The van der Waals surface area contributed by atoms with Gasteiger partial charge in [0.15, 0.2) is 0 Å². The Morgan fingerprint density at radius 3 is 2.38 bits per heavy atom. The number of aliphatic hydroxyl groups is 1. The van der Waals surface area contributed by atoms with Gasteiger partial charge in [-0.3, -0.25) is 14.7 Å². The Balaban J connectivity index is 1.25. The summed E-state index contributed by atoms with van der Waals surface area (Å²) in [6.45, 7) is 6.70. The Bertz CT molecular complexity index is 1990. The molecule has 0 unspecified atom stereocenters. The second kappa shape index (κ2) is 14.8. The minimum atomic E-state index is -0.340. The van der Waals surface area contributed by atoms with Gasteiger partial charge in [-0.2, -0.15) is 5.26 Å². The van der Waals surface area contributed by atoms with Gasteiger partial charge in [0, 0.05) is 54.8 Å². The number of hydrogen-bond acceptors (Lipinski definition) is 7. The van der Waals surface area contributed by atoms with Crippen molar-refractivity contribution in [2.24, 2.45) is 0 Å². The first-order valence-corrected chi connectivity index (χ1v) is 16.3.